The van der Waals surface area contributed by atoms with E-state index in [0.717, 1.165) is 22.2 Å². The predicted octanol–water partition coefficient (Wildman–Crippen LogP) is 2.96. The maximum absolute atomic E-state index is 12.7. The van der Waals surface area contributed by atoms with Crippen LogP contribution in [0.15, 0.2) is 47.5 Å². The molecule has 1 aliphatic heterocycles. The molecule has 1 saturated heterocycles. The Labute approximate surface area is 175 Å². The highest BCUT2D eigenvalue weighted by Crippen LogP contribution is 2.38. The van der Waals surface area contributed by atoms with Crippen molar-refractivity contribution in [2.75, 3.05) is 11.5 Å². The van der Waals surface area contributed by atoms with Crippen molar-refractivity contribution in [3.05, 3.63) is 48.3 Å². The molecule has 1 unspecified atom stereocenters. The van der Waals surface area contributed by atoms with Gasteiger partial charge in [-0.15, -0.1) is 0 Å². The number of fused-ring (bicyclic) bond motifs is 1. The molecule has 7 nitrogen and oxygen atoms in total. The van der Waals surface area contributed by atoms with Crippen molar-refractivity contribution in [3.63, 3.8) is 0 Å². The summed E-state index contributed by atoms with van der Waals surface area (Å²) in [6.45, 7) is 0. The predicted molar refractivity (Wildman–Crippen MR) is 116 cm³/mol. The van der Waals surface area contributed by atoms with E-state index in [-0.39, 0.29) is 16.4 Å². The Hall–Kier alpha value is -2.23. The van der Waals surface area contributed by atoms with Gasteiger partial charge in [0.05, 0.1) is 16.4 Å². The number of aromatic nitrogens is 2. The fourth-order valence-electron chi connectivity index (χ4n) is 4.23. The minimum Gasteiger partial charge on any atom is -0.343 e. The molecular formula is C21H23N3O4S2. The summed E-state index contributed by atoms with van der Waals surface area (Å²) in [5, 5.41) is 1.03. The first-order valence-corrected chi connectivity index (χ1v) is 13.4. The van der Waals surface area contributed by atoms with Crippen LogP contribution in [0.1, 0.15) is 37.3 Å². The molecule has 2 aliphatic rings. The average Bonchev–Trinajstić information content (AvgIpc) is 3.22. The van der Waals surface area contributed by atoms with Crippen LogP contribution in [0.4, 0.5) is 0 Å². The van der Waals surface area contributed by atoms with Crippen LogP contribution in [0.25, 0.3) is 22.2 Å². The van der Waals surface area contributed by atoms with Crippen LogP contribution in [-0.2, 0) is 19.9 Å². The highest BCUT2D eigenvalue weighted by molar-refractivity contribution is 7.92. The lowest BCUT2D eigenvalue weighted by atomic mass is 9.83. The number of nitrogens with zero attached hydrogens (tertiary/aromatic N) is 1. The molecule has 0 radical (unpaired) electrons. The zero-order valence-corrected chi connectivity index (χ0v) is 18.0. The summed E-state index contributed by atoms with van der Waals surface area (Å²) >= 11 is 0. The number of aromatic amines is 1. The second kappa shape index (κ2) is 7.18. The first-order chi connectivity index (χ1) is 14.3. The minimum atomic E-state index is -3.77. The highest BCUT2D eigenvalue weighted by Gasteiger charge is 2.31. The van der Waals surface area contributed by atoms with Crippen molar-refractivity contribution in [2.24, 2.45) is 0 Å². The smallest absolute Gasteiger partial charge is 0.240 e. The SMILES string of the molecule is O=S1(=O)CCC(NS(=O)(=O)c2ccc(-c3ccnc4[nH]c(C5CCC5)cc34)cc2)C1. The molecule has 1 aromatic carbocycles. The minimum absolute atomic E-state index is 0.0245. The van der Waals surface area contributed by atoms with Crippen LogP contribution in [-0.4, -0.2) is 44.4 Å². The Kier molecular flexibility index (Phi) is 4.72. The summed E-state index contributed by atoms with van der Waals surface area (Å²) in [6, 6.07) is 10.2. The Morgan fingerprint density at radius 3 is 2.47 bits per heavy atom. The molecule has 2 N–H and O–H groups in total. The number of H-pyrrole nitrogens is 1. The normalized spacial score (nSPS) is 21.7. The summed E-state index contributed by atoms with van der Waals surface area (Å²) in [5.74, 6) is 0.456. The average molecular weight is 446 g/mol. The highest BCUT2D eigenvalue weighted by atomic mass is 32.2. The molecule has 158 valence electrons. The second-order valence-corrected chi connectivity index (χ2v) is 12.2. The van der Waals surface area contributed by atoms with E-state index in [1.165, 1.54) is 25.0 Å². The van der Waals surface area contributed by atoms with Crippen LogP contribution in [0.5, 0.6) is 0 Å². The number of hydrogen-bond donors (Lipinski definition) is 2. The molecule has 30 heavy (non-hydrogen) atoms. The number of benzene rings is 1. The van der Waals surface area contributed by atoms with E-state index in [4.69, 9.17) is 0 Å². The first-order valence-electron chi connectivity index (χ1n) is 10.1. The molecule has 0 spiro atoms. The molecule has 1 aliphatic carbocycles. The molecule has 0 amide bonds. The van der Waals surface area contributed by atoms with Gasteiger partial charge in [0.2, 0.25) is 10.0 Å². The van der Waals surface area contributed by atoms with Crippen molar-refractivity contribution in [1.82, 2.24) is 14.7 Å². The van der Waals surface area contributed by atoms with E-state index in [2.05, 4.69) is 20.8 Å². The number of sulfone groups is 1. The summed E-state index contributed by atoms with van der Waals surface area (Å²) in [5.41, 5.74) is 3.96. The van der Waals surface area contributed by atoms with Crippen LogP contribution in [0.3, 0.4) is 0 Å². The van der Waals surface area contributed by atoms with E-state index in [0.29, 0.717) is 12.3 Å². The van der Waals surface area contributed by atoms with Gasteiger partial charge in [-0.3, -0.25) is 0 Å². The summed E-state index contributed by atoms with van der Waals surface area (Å²) < 4.78 is 51.0. The molecular weight excluding hydrogens is 422 g/mol. The zero-order chi connectivity index (χ0) is 20.9. The number of rotatable bonds is 5. The van der Waals surface area contributed by atoms with Gasteiger partial charge < -0.3 is 4.98 Å². The van der Waals surface area contributed by atoms with Gasteiger partial charge in [0.25, 0.3) is 0 Å². The number of nitrogens with one attached hydrogen (secondary N) is 2. The van der Waals surface area contributed by atoms with Gasteiger partial charge in [0.15, 0.2) is 9.84 Å². The molecule has 3 heterocycles. The fourth-order valence-corrected chi connectivity index (χ4v) is 7.28. The lowest BCUT2D eigenvalue weighted by Crippen LogP contribution is -2.35. The van der Waals surface area contributed by atoms with Gasteiger partial charge in [-0.2, -0.15) is 0 Å². The van der Waals surface area contributed by atoms with Gasteiger partial charge in [-0.05, 0) is 60.6 Å². The van der Waals surface area contributed by atoms with E-state index in [9.17, 15) is 16.8 Å². The summed E-state index contributed by atoms with van der Waals surface area (Å²) in [7, 11) is -6.92. The van der Waals surface area contributed by atoms with Crippen LogP contribution < -0.4 is 4.72 Å². The third kappa shape index (κ3) is 3.66. The molecule has 1 saturated carbocycles. The van der Waals surface area contributed by atoms with Crippen LogP contribution in [0, 0.1) is 0 Å². The standard InChI is InChI=1S/C21H23N3O4S2/c25-29(26)11-9-16(13-29)24-30(27,28)17-6-4-14(5-7-17)18-8-10-22-21-19(18)12-20(23-21)15-2-1-3-15/h4-8,10,12,15-16,24H,1-3,9,11,13H2,(H,22,23). The zero-order valence-electron chi connectivity index (χ0n) is 16.3. The van der Waals surface area contributed by atoms with E-state index < -0.39 is 25.9 Å². The number of hydrogen-bond acceptors (Lipinski definition) is 5. The molecule has 2 fully saturated rings. The molecule has 3 aromatic rings. The maximum Gasteiger partial charge on any atom is 0.240 e. The van der Waals surface area contributed by atoms with E-state index in [1.54, 1.807) is 30.5 Å². The van der Waals surface area contributed by atoms with Gasteiger partial charge in [0, 0.05) is 23.3 Å². The van der Waals surface area contributed by atoms with Crippen molar-refractivity contribution < 1.29 is 16.8 Å². The molecule has 9 heteroatoms. The van der Waals surface area contributed by atoms with E-state index >= 15 is 0 Å². The molecule has 2 aromatic heterocycles. The summed E-state index contributed by atoms with van der Waals surface area (Å²) in [6.07, 6.45) is 5.72. The Bertz CT molecular complexity index is 1310. The largest absolute Gasteiger partial charge is 0.343 e. The molecule has 1 atom stereocenters. The quantitative estimate of drug-likeness (QED) is 0.628. The Balaban J connectivity index is 1.41. The summed E-state index contributed by atoms with van der Waals surface area (Å²) in [4.78, 5) is 8.00. The van der Waals surface area contributed by atoms with Crippen molar-refractivity contribution >= 4 is 30.9 Å². The van der Waals surface area contributed by atoms with Crippen molar-refractivity contribution in [3.8, 4) is 11.1 Å². The van der Waals surface area contributed by atoms with Gasteiger partial charge in [0.1, 0.15) is 5.65 Å². The lowest BCUT2D eigenvalue weighted by molar-refractivity contribution is 0.413. The topological polar surface area (TPSA) is 109 Å². The van der Waals surface area contributed by atoms with Gasteiger partial charge in [-0.1, -0.05) is 18.6 Å². The molecule has 0 bridgehead atoms. The lowest BCUT2D eigenvalue weighted by Gasteiger charge is -2.23. The fraction of sp³-hybridized carbons (Fsp3) is 0.381. The van der Waals surface area contributed by atoms with E-state index in [1.807, 2.05) is 6.07 Å². The van der Waals surface area contributed by atoms with Crippen LogP contribution in [0.2, 0.25) is 0 Å². The maximum atomic E-state index is 12.7. The monoisotopic (exact) mass is 445 g/mol. The van der Waals surface area contributed by atoms with Gasteiger partial charge in [-0.25, -0.2) is 26.5 Å². The van der Waals surface area contributed by atoms with Crippen LogP contribution >= 0.6 is 0 Å². The second-order valence-electron chi connectivity index (χ2n) is 8.22. The number of sulfonamides is 1. The van der Waals surface area contributed by atoms with Crippen molar-refractivity contribution in [2.45, 2.75) is 42.5 Å². The van der Waals surface area contributed by atoms with Gasteiger partial charge >= 0.3 is 0 Å². The Morgan fingerprint density at radius 2 is 1.83 bits per heavy atom. The number of pyridine rings is 1. The third-order valence-electron chi connectivity index (χ3n) is 6.13. The third-order valence-corrected chi connectivity index (χ3v) is 9.43. The van der Waals surface area contributed by atoms with Crippen molar-refractivity contribution in [1.29, 1.82) is 0 Å². The first kappa shape index (κ1) is 19.7. The molecule has 5 rings (SSSR count). The Morgan fingerprint density at radius 1 is 1.07 bits per heavy atom.